The van der Waals surface area contributed by atoms with Gasteiger partial charge in [0.05, 0.1) is 17.7 Å². The number of nitrogens with zero attached hydrogens (tertiary/aromatic N) is 5. The highest BCUT2D eigenvalue weighted by atomic mass is 32.2. The summed E-state index contributed by atoms with van der Waals surface area (Å²) in [6.07, 6.45) is 5.92. The number of hydrogen-bond acceptors (Lipinski definition) is 7. The molecule has 4 rings (SSSR count). The van der Waals surface area contributed by atoms with E-state index in [0.717, 1.165) is 39.0 Å². The van der Waals surface area contributed by atoms with Crippen LogP contribution in [0.5, 0.6) is 0 Å². The summed E-state index contributed by atoms with van der Waals surface area (Å²) in [5, 5.41) is 0.860. The fourth-order valence-electron chi connectivity index (χ4n) is 2.98. The van der Waals surface area contributed by atoms with E-state index < -0.39 is 0 Å². The van der Waals surface area contributed by atoms with Gasteiger partial charge < -0.3 is 9.30 Å². The molecule has 3 heterocycles. The van der Waals surface area contributed by atoms with Crippen molar-refractivity contribution in [3.63, 3.8) is 0 Å². The highest BCUT2D eigenvalue weighted by Crippen LogP contribution is 2.46. The van der Waals surface area contributed by atoms with Crippen LogP contribution in [0, 0.1) is 6.92 Å². The van der Waals surface area contributed by atoms with Crippen LogP contribution < -0.4 is 4.90 Å². The van der Waals surface area contributed by atoms with Crippen molar-refractivity contribution >= 4 is 29.6 Å². The van der Waals surface area contributed by atoms with Crippen LogP contribution in [0.2, 0.25) is 0 Å². The van der Waals surface area contributed by atoms with Gasteiger partial charge in [0.1, 0.15) is 17.5 Å². The Morgan fingerprint density at radius 2 is 2.08 bits per heavy atom. The molecule has 0 atom stereocenters. The van der Waals surface area contributed by atoms with E-state index in [1.165, 1.54) is 0 Å². The second-order valence-corrected chi connectivity index (χ2v) is 6.93. The molecule has 8 heteroatoms. The molecular formula is C18H17N5O2S. The number of hydrogen-bond donors (Lipinski definition) is 0. The van der Waals surface area contributed by atoms with Crippen LogP contribution in [-0.4, -0.2) is 39.6 Å². The molecule has 0 aliphatic carbocycles. The van der Waals surface area contributed by atoms with Crippen LogP contribution >= 0.6 is 11.8 Å². The summed E-state index contributed by atoms with van der Waals surface area (Å²) >= 11 is 1.59. The van der Waals surface area contributed by atoms with Crippen molar-refractivity contribution in [1.29, 1.82) is 0 Å². The first-order valence-corrected chi connectivity index (χ1v) is 8.88. The average Bonchev–Trinajstić information content (AvgIpc) is 3.01. The first kappa shape index (κ1) is 16.7. The van der Waals surface area contributed by atoms with Crippen LogP contribution in [0.4, 0.5) is 11.5 Å². The molecule has 1 aliphatic rings. The normalized spacial score (nSPS) is 12.6. The van der Waals surface area contributed by atoms with E-state index in [1.807, 2.05) is 16.4 Å². The number of rotatable bonds is 5. The number of carbonyl (C=O) groups is 1. The third kappa shape index (κ3) is 2.87. The summed E-state index contributed by atoms with van der Waals surface area (Å²) in [6, 6.07) is 6.23. The Morgan fingerprint density at radius 3 is 2.88 bits per heavy atom. The van der Waals surface area contributed by atoms with E-state index in [1.54, 1.807) is 37.6 Å². The maximum atomic E-state index is 11.3. The molecule has 132 valence electrons. The Bertz CT molecular complexity index is 972. The minimum atomic E-state index is 0.381. The largest absolute Gasteiger partial charge is 0.364 e. The van der Waals surface area contributed by atoms with Crippen molar-refractivity contribution in [3.05, 3.63) is 53.9 Å². The van der Waals surface area contributed by atoms with Gasteiger partial charge in [-0.3, -0.25) is 9.69 Å². The molecule has 0 N–H and O–H groups in total. The van der Waals surface area contributed by atoms with Crippen molar-refractivity contribution in [3.8, 4) is 0 Å². The zero-order valence-electron chi connectivity index (χ0n) is 14.4. The van der Waals surface area contributed by atoms with E-state index in [4.69, 9.17) is 4.74 Å². The van der Waals surface area contributed by atoms with Gasteiger partial charge in [0.15, 0.2) is 12.1 Å². The number of benzene rings is 1. The molecule has 0 amide bonds. The number of fused-ring (bicyclic) bond motifs is 2. The summed E-state index contributed by atoms with van der Waals surface area (Å²) in [6.45, 7) is 2.78. The molecule has 3 aromatic rings. The molecule has 7 nitrogen and oxygen atoms in total. The van der Waals surface area contributed by atoms with Gasteiger partial charge in [0.25, 0.3) is 0 Å². The summed E-state index contributed by atoms with van der Waals surface area (Å²) in [5.74, 6) is 0.788. The second kappa shape index (κ2) is 6.89. The van der Waals surface area contributed by atoms with Crippen LogP contribution in [0.3, 0.4) is 0 Å². The zero-order valence-corrected chi connectivity index (χ0v) is 15.2. The predicted octanol–water partition coefficient (Wildman–Crippen LogP) is 3.05. The number of aromatic nitrogens is 4. The van der Waals surface area contributed by atoms with Gasteiger partial charge in [-0.2, -0.15) is 0 Å². The van der Waals surface area contributed by atoms with Crippen molar-refractivity contribution in [1.82, 2.24) is 19.5 Å². The van der Waals surface area contributed by atoms with E-state index in [2.05, 4.69) is 33.2 Å². The highest BCUT2D eigenvalue weighted by Gasteiger charge is 2.25. The lowest BCUT2D eigenvalue weighted by Gasteiger charge is -2.30. The monoisotopic (exact) mass is 367 g/mol. The Labute approximate surface area is 155 Å². The average molecular weight is 367 g/mol. The third-order valence-electron chi connectivity index (χ3n) is 4.22. The van der Waals surface area contributed by atoms with Crippen LogP contribution in [-0.2, 0) is 11.3 Å². The van der Waals surface area contributed by atoms with E-state index >= 15 is 0 Å². The number of ether oxygens (including phenoxy) is 1. The topological polar surface area (TPSA) is 73.1 Å². The maximum Gasteiger partial charge on any atom is 0.168 e. The highest BCUT2D eigenvalue weighted by molar-refractivity contribution is 7.99. The number of methoxy groups -OCH3 is 1. The quantitative estimate of drug-likeness (QED) is 0.642. The minimum absolute atomic E-state index is 0.381. The van der Waals surface area contributed by atoms with Gasteiger partial charge in [-0.1, -0.05) is 17.8 Å². The van der Waals surface area contributed by atoms with E-state index in [0.29, 0.717) is 19.0 Å². The van der Waals surface area contributed by atoms with E-state index in [9.17, 15) is 4.79 Å². The number of aryl methyl sites for hydroxylation is 1. The van der Waals surface area contributed by atoms with Gasteiger partial charge in [-0.25, -0.2) is 15.0 Å². The lowest BCUT2D eigenvalue weighted by molar-refractivity contribution is 0.111. The number of carbonyl (C=O) groups excluding carboxylic acids is 1. The summed E-state index contributed by atoms with van der Waals surface area (Å²) in [5.41, 5.74) is 3.42. The van der Waals surface area contributed by atoms with Crippen molar-refractivity contribution in [2.75, 3.05) is 18.7 Å². The molecule has 2 aromatic heterocycles. The number of imidazole rings is 1. The van der Waals surface area contributed by atoms with Gasteiger partial charge in [-0.05, 0) is 24.6 Å². The Morgan fingerprint density at radius 1 is 1.23 bits per heavy atom. The van der Waals surface area contributed by atoms with Crippen LogP contribution in [0.25, 0.3) is 0 Å². The number of aldehydes is 1. The van der Waals surface area contributed by atoms with Crippen LogP contribution in [0.1, 0.15) is 21.7 Å². The molecule has 0 fully saturated rings. The maximum absolute atomic E-state index is 11.3. The Hall–Kier alpha value is -2.71. The van der Waals surface area contributed by atoms with Crippen LogP contribution in [0.15, 0.2) is 46.8 Å². The van der Waals surface area contributed by atoms with Gasteiger partial charge in [-0.15, -0.1) is 0 Å². The predicted molar refractivity (Wildman–Crippen MR) is 98.1 cm³/mol. The molecule has 1 aromatic carbocycles. The lowest BCUT2D eigenvalue weighted by Crippen LogP contribution is -2.24. The molecule has 0 saturated heterocycles. The zero-order chi connectivity index (χ0) is 18.1. The fraction of sp³-hybridized carbons (Fsp3) is 0.222. The SMILES string of the molecule is COCN1c2cc(Cn3cnc(C)c3C=O)ccc2Sc2nccnc21. The Kier molecular flexibility index (Phi) is 4.44. The summed E-state index contributed by atoms with van der Waals surface area (Å²) < 4.78 is 7.24. The smallest absolute Gasteiger partial charge is 0.168 e. The van der Waals surface area contributed by atoms with Gasteiger partial charge >= 0.3 is 0 Å². The van der Waals surface area contributed by atoms with Gasteiger partial charge in [0, 0.05) is 30.9 Å². The van der Waals surface area contributed by atoms with E-state index in [-0.39, 0.29) is 0 Å². The van der Waals surface area contributed by atoms with Crippen molar-refractivity contribution in [2.24, 2.45) is 0 Å². The molecule has 0 saturated carbocycles. The van der Waals surface area contributed by atoms with Gasteiger partial charge in [0.2, 0.25) is 0 Å². The number of anilines is 2. The summed E-state index contributed by atoms with van der Waals surface area (Å²) in [7, 11) is 1.66. The molecule has 1 aliphatic heterocycles. The molecule has 0 bridgehead atoms. The fourth-order valence-corrected chi connectivity index (χ4v) is 3.97. The Balaban J connectivity index is 1.72. The molecule has 26 heavy (non-hydrogen) atoms. The molecule has 0 spiro atoms. The lowest BCUT2D eigenvalue weighted by atomic mass is 10.1. The molecule has 0 radical (unpaired) electrons. The first-order valence-electron chi connectivity index (χ1n) is 8.06. The first-order chi connectivity index (χ1) is 12.7. The van der Waals surface area contributed by atoms with Crippen molar-refractivity contribution in [2.45, 2.75) is 23.4 Å². The molecular weight excluding hydrogens is 350 g/mol. The van der Waals surface area contributed by atoms with Crippen molar-refractivity contribution < 1.29 is 9.53 Å². The standard InChI is InChI=1S/C18H17N5O2S/c1-12-15(9-24)22(10-21-12)8-13-3-4-16-14(7-13)23(11-25-2)17-18(26-16)20-6-5-19-17/h3-7,9-10H,8,11H2,1-2H3. The minimum Gasteiger partial charge on any atom is -0.364 e. The summed E-state index contributed by atoms with van der Waals surface area (Å²) in [4.78, 5) is 27.5. The third-order valence-corrected chi connectivity index (χ3v) is 5.26. The second-order valence-electron chi connectivity index (χ2n) is 5.90. The molecule has 0 unspecified atom stereocenters.